The van der Waals surface area contributed by atoms with Gasteiger partial charge in [0.15, 0.2) is 5.82 Å². The number of benzene rings is 1. The predicted octanol–water partition coefficient (Wildman–Crippen LogP) is 3.67. The number of nitrogens with zero attached hydrogens (tertiary/aromatic N) is 3. The lowest BCUT2D eigenvalue weighted by atomic mass is 10.3. The number of imidazole rings is 1. The average Bonchev–Trinajstić information content (AvgIpc) is 2.79. The molecule has 0 saturated heterocycles. The van der Waals surface area contributed by atoms with Crippen molar-refractivity contribution >= 4 is 22.6 Å². The number of alkyl halides is 1. The van der Waals surface area contributed by atoms with Gasteiger partial charge in [0, 0.05) is 5.69 Å². The zero-order valence-electron chi connectivity index (χ0n) is 11.0. The molecule has 2 heterocycles. The summed E-state index contributed by atoms with van der Waals surface area (Å²) in [5.41, 5.74) is 2.95. The summed E-state index contributed by atoms with van der Waals surface area (Å²) in [4.78, 5) is 8.74. The smallest absolute Gasteiger partial charge is 0.151 e. The van der Waals surface area contributed by atoms with Crippen LogP contribution >= 0.6 is 11.6 Å². The molecule has 3 rings (SSSR count). The number of aromatic nitrogens is 3. The Balaban J connectivity index is 2.12. The Bertz CT molecular complexity index is 767. The number of pyridine rings is 1. The van der Waals surface area contributed by atoms with Gasteiger partial charge in [0.2, 0.25) is 0 Å². The summed E-state index contributed by atoms with van der Waals surface area (Å²) in [6.45, 7) is 2.47. The second-order valence-corrected chi connectivity index (χ2v) is 4.89. The minimum Gasteiger partial charge on any atom is -0.321 e. The van der Waals surface area contributed by atoms with E-state index in [9.17, 15) is 4.39 Å². The zero-order valence-corrected chi connectivity index (χ0v) is 11.7. The Kier molecular flexibility index (Phi) is 3.40. The minimum absolute atomic E-state index is 0.236. The van der Waals surface area contributed by atoms with Crippen LogP contribution in [0.5, 0.6) is 0 Å². The average molecular weight is 290 g/mol. The van der Waals surface area contributed by atoms with E-state index in [1.165, 1.54) is 6.07 Å². The van der Waals surface area contributed by atoms with Crippen LogP contribution < -0.4 is 0 Å². The topological polar surface area (TPSA) is 30.7 Å². The molecular formula is C15H13ClFN3. The van der Waals surface area contributed by atoms with E-state index in [-0.39, 0.29) is 11.7 Å². The highest BCUT2D eigenvalue weighted by Crippen LogP contribution is 2.21. The number of aryl methyl sites for hydroxylation is 1. The molecule has 0 aliphatic heterocycles. The fraction of sp³-hybridized carbons (Fsp3) is 0.200. The first kappa shape index (κ1) is 13.1. The maximum absolute atomic E-state index is 13.8. The third-order valence-corrected chi connectivity index (χ3v) is 3.43. The standard InChI is InChI=1S/C15H13ClFN3/c1-10-4-2-5-11(18-10)9-20-13-7-3-6-12(17)15(13)19-14(20)8-16/h2-7H,8-9H2,1H3. The van der Waals surface area contributed by atoms with Crippen LogP contribution in [0, 0.1) is 12.7 Å². The first-order chi connectivity index (χ1) is 9.69. The summed E-state index contributed by atoms with van der Waals surface area (Å²) >= 11 is 5.93. The number of hydrogen-bond donors (Lipinski definition) is 0. The molecule has 0 N–H and O–H groups in total. The molecule has 3 aromatic rings. The normalized spacial score (nSPS) is 11.2. The van der Waals surface area contributed by atoms with Crippen molar-refractivity contribution in [2.75, 3.05) is 0 Å². The van der Waals surface area contributed by atoms with Crippen molar-refractivity contribution in [1.82, 2.24) is 14.5 Å². The van der Waals surface area contributed by atoms with Gasteiger partial charge in [-0.1, -0.05) is 12.1 Å². The van der Waals surface area contributed by atoms with Gasteiger partial charge >= 0.3 is 0 Å². The van der Waals surface area contributed by atoms with E-state index in [0.717, 1.165) is 16.9 Å². The number of hydrogen-bond acceptors (Lipinski definition) is 2. The van der Waals surface area contributed by atoms with Gasteiger partial charge in [-0.2, -0.15) is 0 Å². The second-order valence-electron chi connectivity index (χ2n) is 4.63. The number of halogens is 2. The molecule has 0 bridgehead atoms. The fourth-order valence-corrected chi connectivity index (χ4v) is 2.49. The highest BCUT2D eigenvalue weighted by atomic mass is 35.5. The lowest BCUT2D eigenvalue weighted by Gasteiger charge is -2.07. The monoisotopic (exact) mass is 289 g/mol. The van der Waals surface area contributed by atoms with Crippen LogP contribution in [0.4, 0.5) is 4.39 Å². The molecule has 3 nitrogen and oxygen atoms in total. The minimum atomic E-state index is -0.329. The van der Waals surface area contributed by atoms with Crippen molar-refractivity contribution in [1.29, 1.82) is 0 Å². The highest BCUT2D eigenvalue weighted by Gasteiger charge is 2.13. The summed E-state index contributed by atoms with van der Waals surface area (Å²) in [6.07, 6.45) is 0. The van der Waals surface area contributed by atoms with Crippen molar-refractivity contribution in [3.8, 4) is 0 Å². The molecule has 0 radical (unpaired) electrons. The number of rotatable bonds is 3. The van der Waals surface area contributed by atoms with E-state index in [0.29, 0.717) is 17.9 Å². The summed E-state index contributed by atoms with van der Waals surface area (Å²) in [6, 6.07) is 10.8. The Hall–Kier alpha value is -1.94. The number of para-hydroxylation sites is 1. The van der Waals surface area contributed by atoms with Gasteiger partial charge in [-0.3, -0.25) is 4.98 Å². The third-order valence-electron chi connectivity index (χ3n) is 3.19. The van der Waals surface area contributed by atoms with Crippen LogP contribution in [0.3, 0.4) is 0 Å². The van der Waals surface area contributed by atoms with Crippen molar-refractivity contribution in [3.63, 3.8) is 0 Å². The van der Waals surface area contributed by atoms with Crippen LogP contribution in [-0.2, 0) is 12.4 Å². The Morgan fingerprint density at radius 2 is 1.95 bits per heavy atom. The molecule has 0 saturated carbocycles. The van der Waals surface area contributed by atoms with Gasteiger partial charge in [0.25, 0.3) is 0 Å². The van der Waals surface area contributed by atoms with Gasteiger partial charge in [-0.05, 0) is 31.2 Å². The molecule has 0 aliphatic rings. The molecule has 5 heteroatoms. The Labute approximate surface area is 121 Å². The van der Waals surface area contributed by atoms with Crippen LogP contribution in [0.2, 0.25) is 0 Å². The second kappa shape index (κ2) is 5.21. The molecule has 0 atom stereocenters. The lowest BCUT2D eigenvalue weighted by molar-refractivity contribution is 0.637. The van der Waals surface area contributed by atoms with E-state index in [4.69, 9.17) is 11.6 Å². The summed E-state index contributed by atoms with van der Waals surface area (Å²) in [5.74, 6) is 0.555. The van der Waals surface area contributed by atoms with E-state index in [2.05, 4.69) is 9.97 Å². The maximum atomic E-state index is 13.8. The molecular weight excluding hydrogens is 277 g/mol. The summed E-state index contributed by atoms with van der Waals surface area (Å²) in [7, 11) is 0. The fourth-order valence-electron chi connectivity index (χ4n) is 2.29. The van der Waals surface area contributed by atoms with Crippen molar-refractivity contribution < 1.29 is 4.39 Å². The van der Waals surface area contributed by atoms with Gasteiger partial charge in [0.1, 0.15) is 11.3 Å². The van der Waals surface area contributed by atoms with Crippen molar-refractivity contribution in [3.05, 3.63) is 59.4 Å². The molecule has 1 aromatic carbocycles. The molecule has 2 aromatic heterocycles. The molecule has 20 heavy (non-hydrogen) atoms. The first-order valence-electron chi connectivity index (χ1n) is 6.31. The molecule has 0 spiro atoms. The largest absolute Gasteiger partial charge is 0.321 e. The molecule has 0 amide bonds. The zero-order chi connectivity index (χ0) is 14.1. The van der Waals surface area contributed by atoms with Crippen LogP contribution in [-0.4, -0.2) is 14.5 Å². The van der Waals surface area contributed by atoms with Gasteiger partial charge in [-0.25, -0.2) is 9.37 Å². The molecule has 0 fully saturated rings. The van der Waals surface area contributed by atoms with Crippen molar-refractivity contribution in [2.45, 2.75) is 19.3 Å². The van der Waals surface area contributed by atoms with E-state index >= 15 is 0 Å². The van der Waals surface area contributed by atoms with Gasteiger partial charge in [0.05, 0.1) is 23.6 Å². The Morgan fingerprint density at radius 3 is 2.70 bits per heavy atom. The number of fused-ring (bicyclic) bond motifs is 1. The first-order valence-corrected chi connectivity index (χ1v) is 6.84. The molecule has 0 unspecified atom stereocenters. The Morgan fingerprint density at radius 1 is 1.15 bits per heavy atom. The van der Waals surface area contributed by atoms with Crippen molar-refractivity contribution in [2.24, 2.45) is 0 Å². The highest BCUT2D eigenvalue weighted by molar-refractivity contribution is 6.16. The third kappa shape index (κ3) is 2.27. The predicted molar refractivity (Wildman–Crippen MR) is 77.3 cm³/mol. The lowest BCUT2D eigenvalue weighted by Crippen LogP contribution is -2.05. The van der Waals surface area contributed by atoms with E-state index < -0.39 is 0 Å². The quantitative estimate of drug-likeness (QED) is 0.689. The van der Waals surface area contributed by atoms with E-state index in [1.807, 2.05) is 35.8 Å². The van der Waals surface area contributed by atoms with E-state index in [1.54, 1.807) is 6.07 Å². The summed E-state index contributed by atoms with van der Waals surface area (Å²) < 4.78 is 15.7. The van der Waals surface area contributed by atoms with Gasteiger partial charge < -0.3 is 4.57 Å². The van der Waals surface area contributed by atoms with Gasteiger partial charge in [-0.15, -0.1) is 11.6 Å². The van der Waals surface area contributed by atoms with Crippen LogP contribution in [0.1, 0.15) is 17.2 Å². The van der Waals surface area contributed by atoms with Crippen LogP contribution in [0.25, 0.3) is 11.0 Å². The molecule has 0 aliphatic carbocycles. The summed E-state index contributed by atoms with van der Waals surface area (Å²) in [5, 5.41) is 0. The maximum Gasteiger partial charge on any atom is 0.151 e. The van der Waals surface area contributed by atoms with Crippen LogP contribution in [0.15, 0.2) is 36.4 Å². The molecule has 102 valence electrons. The SMILES string of the molecule is Cc1cccc(Cn2c(CCl)nc3c(F)cccc32)n1.